The normalized spacial score (nSPS) is 14.3. The summed E-state index contributed by atoms with van der Waals surface area (Å²) in [6.45, 7) is 1.83. The standard InChI is InChI=1S/C18H22N2O2S/c1-18(15-11-7-5-8-12-15,16-13-9-6-10-14-16)17(21)19-23(4,22)20(2)3/h5-14H,1-4H3. The molecule has 2 rings (SSSR count). The van der Waals surface area contributed by atoms with Crippen molar-refractivity contribution in [3.8, 4) is 0 Å². The molecule has 0 fully saturated rings. The number of rotatable bonds is 4. The van der Waals surface area contributed by atoms with Crippen molar-refractivity contribution in [3.05, 3.63) is 71.8 Å². The van der Waals surface area contributed by atoms with Crippen LogP contribution in [0.2, 0.25) is 0 Å². The van der Waals surface area contributed by atoms with Crippen LogP contribution in [-0.2, 0) is 20.1 Å². The molecule has 1 atom stereocenters. The van der Waals surface area contributed by atoms with Crippen molar-refractivity contribution in [2.45, 2.75) is 12.3 Å². The van der Waals surface area contributed by atoms with Gasteiger partial charge in [0.1, 0.15) is 9.92 Å². The van der Waals surface area contributed by atoms with Crippen molar-refractivity contribution in [2.24, 2.45) is 4.36 Å². The average Bonchev–Trinajstić information content (AvgIpc) is 2.55. The smallest absolute Gasteiger partial charge is 0.269 e. The summed E-state index contributed by atoms with van der Waals surface area (Å²) in [5.41, 5.74) is 0.680. The lowest BCUT2D eigenvalue weighted by molar-refractivity contribution is -0.121. The number of nitrogens with zero attached hydrogens (tertiary/aromatic N) is 2. The van der Waals surface area contributed by atoms with Crippen LogP contribution < -0.4 is 0 Å². The van der Waals surface area contributed by atoms with E-state index in [0.29, 0.717) is 0 Å². The van der Waals surface area contributed by atoms with Gasteiger partial charge < -0.3 is 0 Å². The monoisotopic (exact) mass is 330 g/mol. The summed E-state index contributed by atoms with van der Waals surface area (Å²) in [4.78, 5) is 13.0. The topological polar surface area (TPSA) is 49.7 Å². The molecule has 5 heteroatoms. The molecule has 2 aromatic rings. The highest BCUT2D eigenvalue weighted by molar-refractivity contribution is 7.90. The lowest BCUT2D eigenvalue weighted by atomic mass is 9.76. The second kappa shape index (κ2) is 6.64. The van der Waals surface area contributed by atoms with Gasteiger partial charge in [-0.15, -0.1) is 4.36 Å². The zero-order valence-corrected chi connectivity index (χ0v) is 14.7. The van der Waals surface area contributed by atoms with E-state index in [2.05, 4.69) is 4.36 Å². The van der Waals surface area contributed by atoms with Crippen LogP contribution in [0.15, 0.2) is 65.0 Å². The van der Waals surface area contributed by atoms with E-state index in [0.717, 1.165) is 11.1 Å². The molecular weight excluding hydrogens is 308 g/mol. The molecule has 0 aliphatic heterocycles. The van der Waals surface area contributed by atoms with Crippen molar-refractivity contribution in [3.63, 3.8) is 0 Å². The zero-order chi connectivity index (χ0) is 17.1. The molecular formula is C18H22N2O2S. The maximum Gasteiger partial charge on any atom is 0.269 e. The van der Waals surface area contributed by atoms with E-state index in [-0.39, 0.29) is 0 Å². The quantitative estimate of drug-likeness (QED) is 0.865. The molecule has 23 heavy (non-hydrogen) atoms. The minimum absolute atomic E-state index is 0.406. The van der Waals surface area contributed by atoms with E-state index in [1.807, 2.05) is 67.6 Å². The first kappa shape index (κ1) is 17.4. The van der Waals surface area contributed by atoms with Crippen LogP contribution in [0.3, 0.4) is 0 Å². The summed E-state index contributed by atoms with van der Waals surface area (Å²) in [7, 11) is 0.571. The van der Waals surface area contributed by atoms with E-state index >= 15 is 0 Å². The Balaban J connectivity index is 2.66. The largest absolute Gasteiger partial charge is 0.270 e. The molecule has 0 saturated heterocycles. The Hall–Kier alpha value is -1.98. The molecule has 0 heterocycles. The van der Waals surface area contributed by atoms with Crippen molar-refractivity contribution in [1.29, 1.82) is 0 Å². The second-order valence-corrected chi connectivity index (χ2v) is 8.27. The molecule has 0 spiro atoms. The fraction of sp³-hybridized carbons (Fsp3) is 0.278. The van der Waals surface area contributed by atoms with Crippen LogP contribution in [0, 0.1) is 0 Å². The maximum atomic E-state index is 13.0. The first-order valence-electron chi connectivity index (χ1n) is 7.33. The average molecular weight is 330 g/mol. The molecule has 4 nitrogen and oxygen atoms in total. The molecule has 2 aromatic carbocycles. The Morgan fingerprint density at radius 2 is 1.35 bits per heavy atom. The predicted molar refractivity (Wildman–Crippen MR) is 94.5 cm³/mol. The van der Waals surface area contributed by atoms with Gasteiger partial charge in [0.2, 0.25) is 0 Å². The Morgan fingerprint density at radius 3 is 1.70 bits per heavy atom. The summed E-state index contributed by atoms with van der Waals surface area (Å²) in [5.74, 6) is -0.406. The Morgan fingerprint density at radius 1 is 0.957 bits per heavy atom. The van der Waals surface area contributed by atoms with Gasteiger partial charge in [0.15, 0.2) is 0 Å². The van der Waals surface area contributed by atoms with E-state index in [9.17, 15) is 9.00 Å². The van der Waals surface area contributed by atoms with Gasteiger partial charge in [-0.3, -0.25) is 4.79 Å². The molecule has 1 amide bonds. The lowest BCUT2D eigenvalue weighted by Gasteiger charge is -2.28. The lowest BCUT2D eigenvalue weighted by Crippen LogP contribution is -2.34. The summed E-state index contributed by atoms with van der Waals surface area (Å²) in [5, 5.41) is 0. The number of benzene rings is 2. The third-order valence-electron chi connectivity index (χ3n) is 4.06. The van der Waals surface area contributed by atoms with E-state index < -0.39 is 21.2 Å². The van der Waals surface area contributed by atoms with Gasteiger partial charge in [0.25, 0.3) is 5.91 Å². The maximum absolute atomic E-state index is 13.0. The number of hydrogen-bond donors (Lipinski definition) is 0. The van der Waals surface area contributed by atoms with Crippen LogP contribution >= 0.6 is 0 Å². The fourth-order valence-corrected chi connectivity index (χ4v) is 2.94. The third-order valence-corrected chi connectivity index (χ3v) is 5.92. The molecule has 0 aliphatic rings. The van der Waals surface area contributed by atoms with E-state index in [1.54, 1.807) is 14.1 Å². The summed E-state index contributed by atoms with van der Waals surface area (Å²) in [6.07, 6.45) is 1.47. The molecule has 0 N–H and O–H groups in total. The molecule has 0 saturated carbocycles. The number of amides is 1. The highest BCUT2D eigenvalue weighted by Crippen LogP contribution is 2.33. The van der Waals surface area contributed by atoms with E-state index in [4.69, 9.17) is 0 Å². The van der Waals surface area contributed by atoms with Crippen molar-refractivity contribution in [1.82, 2.24) is 4.31 Å². The molecule has 0 bridgehead atoms. The zero-order valence-electron chi connectivity index (χ0n) is 13.9. The van der Waals surface area contributed by atoms with Gasteiger partial charge in [0, 0.05) is 20.4 Å². The molecule has 0 radical (unpaired) electrons. The van der Waals surface area contributed by atoms with Crippen LogP contribution in [0.4, 0.5) is 0 Å². The second-order valence-electron chi connectivity index (χ2n) is 5.83. The van der Waals surface area contributed by atoms with Gasteiger partial charge in [-0.05, 0) is 18.1 Å². The summed E-state index contributed by atoms with van der Waals surface area (Å²) in [6, 6.07) is 18.9. The van der Waals surface area contributed by atoms with Crippen molar-refractivity contribution >= 4 is 15.8 Å². The summed E-state index contributed by atoms with van der Waals surface area (Å²) >= 11 is 0. The van der Waals surface area contributed by atoms with Gasteiger partial charge in [-0.1, -0.05) is 60.7 Å². The highest BCUT2D eigenvalue weighted by atomic mass is 32.2. The van der Waals surface area contributed by atoms with Crippen molar-refractivity contribution < 1.29 is 9.00 Å². The number of carbonyl (C=O) groups excluding carboxylic acids is 1. The first-order chi connectivity index (χ1) is 10.8. The van der Waals surface area contributed by atoms with Gasteiger partial charge in [-0.2, -0.15) is 0 Å². The van der Waals surface area contributed by atoms with Crippen LogP contribution in [0.25, 0.3) is 0 Å². The minimum atomic E-state index is -2.74. The Labute approximate surface area is 138 Å². The molecule has 122 valence electrons. The molecule has 1 unspecified atom stereocenters. The van der Waals surface area contributed by atoms with Gasteiger partial charge in [-0.25, -0.2) is 8.51 Å². The molecule has 0 aliphatic carbocycles. The van der Waals surface area contributed by atoms with Crippen LogP contribution in [0.1, 0.15) is 18.1 Å². The Bertz CT molecular complexity index is 753. The predicted octanol–water partition coefficient (Wildman–Crippen LogP) is 3.09. The SMILES string of the molecule is CN(C)S(C)(=O)=NC(=O)C(C)(c1ccccc1)c1ccccc1. The summed E-state index contributed by atoms with van der Waals surface area (Å²) < 4.78 is 18.1. The van der Waals surface area contributed by atoms with Crippen LogP contribution in [0.5, 0.6) is 0 Å². The van der Waals surface area contributed by atoms with Gasteiger partial charge >= 0.3 is 0 Å². The first-order valence-corrected chi connectivity index (χ1v) is 9.21. The molecule has 0 aromatic heterocycles. The fourth-order valence-electron chi connectivity index (χ4n) is 2.28. The number of hydrogen-bond acceptors (Lipinski definition) is 2. The Kier molecular flexibility index (Phi) is 5.02. The van der Waals surface area contributed by atoms with Gasteiger partial charge in [0.05, 0.1) is 5.41 Å². The van der Waals surface area contributed by atoms with E-state index in [1.165, 1.54) is 10.6 Å². The third kappa shape index (κ3) is 3.51. The number of carbonyl (C=O) groups is 1. The highest BCUT2D eigenvalue weighted by Gasteiger charge is 2.37. The van der Waals surface area contributed by atoms with Crippen LogP contribution in [-0.4, -0.2) is 34.8 Å². The van der Waals surface area contributed by atoms with Crippen molar-refractivity contribution in [2.75, 3.05) is 20.4 Å². The minimum Gasteiger partial charge on any atom is -0.270 e.